The fourth-order valence-corrected chi connectivity index (χ4v) is 6.70. The highest BCUT2D eigenvalue weighted by Crippen LogP contribution is 2.50. The van der Waals surface area contributed by atoms with Gasteiger partial charge in [-0.15, -0.1) is 11.8 Å². The van der Waals surface area contributed by atoms with Crippen molar-refractivity contribution in [1.82, 2.24) is 5.32 Å². The molecule has 1 fully saturated rings. The van der Waals surface area contributed by atoms with Gasteiger partial charge in [0.2, 0.25) is 35.0 Å². The lowest BCUT2D eigenvalue weighted by molar-refractivity contribution is -0.375. The molecule has 13 N–H and O–H groups in total. The lowest BCUT2D eigenvalue weighted by atomic mass is 10.0. The molecule has 4 aromatic rings. The predicted octanol–water partition coefficient (Wildman–Crippen LogP) is 0.557. The van der Waals surface area contributed by atoms with E-state index in [-0.39, 0.29) is 22.6 Å². The van der Waals surface area contributed by atoms with Gasteiger partial charge >= 0.3 is 5.91 Å². The van der Waals surface area contributed by atoms with Crippen molar-refractivity contribution in [1.29, 1.82) is 0 Å². The van der Waals surface area contributed by atoms with E-state index in [0.29, 0.717) is 5.56 Å². The second-order valence-electron chi connectivity index (χ2n) is 11.6. The molecule has 2 unspecified atom stereocenters. The minimum atomic E-state index is -3.71. The minimum absolute atomic E-state index is 0.0714. The quantitative estimate of drug-likeness (QED) is 0.0482. The van der Waals surface area contributed by atoms with Crippen LogP contribution in [0.2, 0.25) is 0 Å². The molecule has 0 spiro atoms. The molecule has 4 aromatic carbocycles. The number of methoxy groups -OCH3 is 1. The van der Waals surface area contributed by atoms with Gasteiger partial charge < -0.3 is 66.9 Å². The lowest BCUT2D eigenvalue weighted by Crippen LogP contribution is -2.63. The Labute approximate surface area is 303 Å². The number of nitrogens with one attached hydrogen (secondary N) is 1. The minimum Gasteiger partial charge on any atom is -0.504 e. The summed E-state index contributed by atoms with van der Waals surface area (Å²) in [4.78, 5) is 40.2. The van der Waals surface area contributed by atoms with Gasteiger partial charge in [0.15, 0.2) is 23.0 Å². The molecule has 1 aliphatic heterocycles. The molecule has 2 atom stereocenters. The fraction of sp³-hybridized carbons (Fsp3) is 0.171. The second kappa shape index (κ2) is 14.3. The summed E-state index contributed by atoms with van der Waals surface area (Å²) in [6.45, 7) is 0. The Bertz CT molecular complexity index is 2150. The zero-order chi connectivity index (χ0) is 39.0. The van der Waals surface area contributed by atoms with Gasteiger partial charge in [0.05, 0.1) is 12.4 Å². The summed E-state index contributed by atoms with van der Waals surface area (Å²) in [5.74, 6) is -10.8. The number of phenolic OH excluding ortho intramolecular Hbond substituents is 6. The van der Waals surface area contributed by atoms with Gasteiger partial charge in [0.1, 0.15) is 10.9 Å². The average Bonchev–Trinajstić information content (AvgIpc) is 3.44. The summed E-state index contributed by atoms with van der Waals surface area (Å²) < 4.78 is 4.90. The van der Waals surface area contributed by atoms with Crippen LogP contribution >= 0.6 is 11.8 Å². The molecule has 1 saturated heterocycles. The number of phenols is 6. The van der Waals surface area contributed by atoms with Gasteiger partial charge in [0, 0.05) is 28.8 Å². The molecule has 0 aliphatic carbocycles. The zero-order valence-electron chi connectivity index (χ0n) is 27.3. The second-order valence-corrected chi connectivity index (χ2v) is 12.9. The van der Waals surface area contributed by atoms with Crippen LogP contribution in [0.4, 0.5) is 5.69 Å². The molecular formula is C35H31N3O14S. The number of anilines is 1. The SMILES string of the molecule is COc1cc(C(O)(O)C(O)(O)NC(=O)CC2SC(c3ccc(C#Cc4c(O)c(O)c(O)c(O)c4O)cc3)N(c3cccc(C(N)=O)c3)C2=O)ccc1O. The Morgan fingerprint density at radius 3 is 2.09 bits per heavy atom. The normalized spacial score (nSPS) is 15.8. The molecule has 17 nitrogen and oxygen atoms in total. The number of aromatic hydroxyl groups is 6. The van der Waals surface area contributed by atoms with Gasteiger partial charge in [-0.25, -0.2) is 0 Å². The first-order valence-electron chi connectivity index (χ1n) is 15.1. The van der Waals surface area contributed by atoms with E-state index in [1.54, 1.807) is 17.4 Å². The number of hydrogen-bond donors (Lipinski definition) is 12. The average molecular weight is 750 g/mol. The van der Waals surface area contributed by atoms with Gasteiger partial charge in [0.25, 0.3) is 5.79 Å². The first-order valence-corrected chi connectivity index (χ1v) is 16.1. The first-order chi connectivity index (χ1) is 24.9. The van der Waals surface area contributed by atoms with Crippen LogP contribution in [-0.4, -0.2) is 87.1 Å². The van der Waals surface area contributed by atoms with Gasteiger partial charge in [-0.1, -0.05) is 30.0 Å². The third kappa shape index (κ3) is 7.23. The lowest BCUT2D eigenvalue weighted by Gasteiger charge is -2.35. The summed E-state index contributed by atoms with van der Waals surface area (Å²) in [5, 5.41) is 101. The van der Waals surface area contributed by atoms with E-state index in [1.807, 2.05) is 0 Å². The number of benzene rings is 4. The van der Waals surface area contributed by atoms with Crippen LogP contribution in [0.15, 0.2) is 66.7 Å². The molecule has 276 valence electrons. The van der Waals surface area contributed by atoms with Crippen molar-refractivity contribution in [3.8, 4) is 52.1 Å². The molecule has 1 heterocycles. The van der Waals surface area contributed by atoms with Gasteiger partial charge in [-0.3, -0.25) is 19.3 Å². The molecule has 0 bridgehead atoms. The molecule has 53 heavy (non-hydrogen) atoms. The van der Waals surface area contributed by atoms with Crippen LogP contribution in [0, 0.1) is 11.8 Å². The van der Waals surface area contributed by atoms with Crippen molar-refractivity contribution in [3.05, 3.63) is 94.5 Å². The largest absolute Gasteiger partial charge is 0.504 e. The van der Waals surface area contributed by atoms with Gasteiger partial charge in [-0.2, -0.15) is 0 Å². The van der Waals surface area contributed by atoms with Crippen molar-refractivity contribution >= 4 is 35.2 Å². The number of carbonyl (C=O) groups is 3. The number of hydrogen-bond acceptors (Lipinski definition) is 15. The van der Waals surface area contributed by atoms with Crippen LogP contribution in [-0.2, 0) is 15.4 Å². The molecule has 3 amide bonds. The summed E-state index contributed by atoms with van der Waals surface area (Å²) in [6.07, 6.45) is -0.702. The van der Waals surface area contributed by atoms with E-state index < -0.39 is 92.1 Å². The highest BCUT2D eigenvalue weighted by Gasteiger charge is 2.52. The molecule has 0 radical (unpaired) electrons. The third-order valence-corrected chi connectivity index (χ3v) is 9.54. The molecule has 0 saturated carbocycles. The summed E-state index contributed by atoms with van der Waals surface area (Å²) in [7, 11) is 1.17. The van der Waals surface area contributed by atoms with E-state index in [2.05, 4.69) is 11.8 Å². The number of amides is 3. The third-order valence-electron chi connectivity index (χ3n) is 8.10. The van der Waals surface area contributed by atoms with E-state index >= 15 is 0 Å². The monoisotopic (exact) mass is 749 g/mol. The van der Waals surface area contributed by atoms with Crippen LogP contribution < -0.4 is 20.7 Å². The number of ether oxygens (including phenoxy) is 1. The highest BCUT2D eigenvalue weighted by molar-refractivity contribution is 8.01. The van der Waals surface area contributed by atoms with Crippen LogP contribution in [0.25, 0.3) is 0 Å². The maximum Gasteiger partial charge on any atom is 0.308 e. The van der Waals surface area contributed by atoms with E-state index in [0.717, 1.165) is 30.0 Å². The Morgan fingerprint density at radius 2 is 1.49 bits per heavy atom. The summed E-state index contributed by atoms with van der Waals surface area (Å²) >= 11 is 0.964. The molecule has 5 rings (SSSR count). The van der Waals surface area contributed by atoms with Gasteiger partial charge in [-0.05, 0) is 54.1 Å². The number of rotatable bonds is 9. The first kappa shape index (κ1) is 37.9. The van der Waals surface area contributed by atoms with Crippen molar-refractivity contribution in [2.24, 2.45) is 5.73 Å². The zero-order valence-corrected chi connectivity index (χ0v) is 28.1. The molecule has 0 aromatic heterocycles. The standard InChI is InChI=1S/C35H31N3O14S/c1-52-23-14-19(10-12-22(23)39)34(48,49)35(50,51)37-25(40)15-24-32(47)38(20-4-2-3-18(13-20)31(36)46)33(53-24)17-8-5-16(6-9-17)7-11-21-26(41)28(43)30(45)29(44)27(21)42/h2-6,8-10,12-14,24,33,39,41-45,48-51H,15H2,1H3,(H2,36,46)(H,37,40). The predicted molar refractivity (Wildman–Crippen MR) is 184 cm³/mol. The number of primary amides is 1. The van der Waals surface area contributed by atoms with Crippen molar-refractivity contribution in [3.63, 3.8) is 0 Å². The topological polar surface area (TPSA) is 304 Å². The smallest absolute Gasteiger partial charge is 0.308 e. The maximum atomic E-state index is 13.9. The number of nitrogens with two attached hydrogens (primary N) is 1. The van der Waals surface area contributed by atoms with Crippen molar-refractivity contribution < 1.29 is 70.2 Å². The van der Waals surface area contributed by atoms with Crippen molar-refractivity contribution in [2.45, 2.75) is 28.7 Å². The molecule has 1 aliphatic rings. The Morgan fingerprint density at radius 1 is 0.868 bits per heavy atom. The Kier molecular flexibility index (Phi) is 10.2. The number of carbonyl (C=O) groups excluding carboxylic acids is 3. The number of thioether (sulfide) groups is 1. The van der Waals surface area contributed by atoms with E-state index in [4.69, 9.17) is 10.5 Å². The maximum absolute atomic E-state index is 13.9. The summed E-state index contributed by atoms with van der Waals surface area (Å²) in [5.41, 5.74) is 5.35. The van der Waals surface area contributed by atoms with E-state index in [9.17, 15) is 65.4 Å². The van der Waals surface area contributed by atoms with E-state index in [1.165, 1.54) is 48.4 Å². The van der Waals surface area contributed by atoms with Crippen LogP contribution in [0.1, 0.15) is 44.4 Å². The molecular weight excluding hydrogens is 718 g/mol. The Balaban J connectivity index is 1.42. The number of aliphatic hydroxyl groups is 4. The fourth-order valence-electron chi connectivity index (χ4n) is 5.25. The molecule has 18 heteroatoms. The highest BCUT2D eigenvalue weighted by atomic mass is 32.2. The number of nitrogens with zero attached hydrogens (tertiary/aromatic N) is 1. The van der Waals surface area contributed by atoms with Crippen molar-refractivity contribution in [2.75, 3.05) is 12.0 Å². The summed E-state index contributed by atoms with van der Waals surface area (Å²) in [6, 6.07) is 14.7. The van der Waals surface area contributed by atoms with Crippen LogP contribution in [0.5, 0.6) is 40.2 Å². The van der Waals surface area contributed by atoms with Crippen LogP contribution in [0.3, 0.4) is 0 Å². The Hall–Kier alpha value is -6.36.